The van der Waals surface area contributed by atoms with Gasteiger partial charge in [0, 0.05) is 36.4 Å². The van der Waals surface area contributed by atoms with Gasteiger partial charge in [0.25, 0.3) is 5.91 Å². The van der Waals surface area contributed by atoms with Crippen molar-refractivity contribution in [2.45, 2.75) is 38.3 Å². The maximum absolute atomic E-state index is 12.9. The van der Waals surface area contributed by atoms with Gasteiger partial charge in [-0.05, 0) is 83.0 Å². The number of aromatic nitrogens is 3. The van der Waals surface area contributed by atoms with Gasteiger partial charge in [0.05, 0.1) is 17.1 Å². The van der Waals surface area contributed by atoms with Crippen molar-refractivity contribution in [3.63, 3.8) is 0 Å². The number of carbonyl (C=O) groups excluding carboxylic acids is 1. The summed E-state index contributed by atoms with van der Waals surface area (Å²) in [6, 6.07) is 7.73. The van der Waals surface area contributed by atoms with Crippen molar-refractivity contribution in [1.82, 2.24) is 30.1 Å². The van der Waals surface area contributed by atoms with E-state index in [-0.39, 0.29) is 11.9 Å². The molecular formula is C27H37N9OS. The molecule has 0 aliphatic carbocycles. The van der Waals surface area contributed by atoms with E-state index in [1.54, 1.807) is 23.6 Å². The highest BCUT2D eigenvalue weighted by Crippen LogP contribution is 2.28. The van der Waals surface area contributed by atoms with E-state index in [2.05, 4.69) is 42.4 Å². The number of nitrogens with zero attached hydrogens (tertiary/aromatic N) is 5. The number of hydrogen-bond acceptors (Lipinski definition) is 10. The van der Waals surface area contributed by atoms with Crippen molar-refractivity contribution < 1.29 is 4.79 Å². The number of nitrogens with one attached hydrogen (secondary N) is 2. The van der Waals surface area contributed by atoms with Gasteiger partial charge in [-0.3, -0.25) is 14.7 Å². The molecule has 5 heterocycles. The van der Waals surface area contributed by atoms with Crippen LogP contribution in [0.3, 0.4) is 0 Å². The molecule has 3 aromatic heterocycles. The standard InChI is InChI=1S/C27H37N9OS/c1-35-10-7-19(8-11-35)33-25-24(29)21(28)14-23(34-25)26(37)31-15-18-5-12-36(13-6-18)17-20-16-32-27(38-20)22-4-2-3-9-30-22/h2-4,9,14,16,18-19H,5-8,10-13,15,17,29H2,1H3,(H,31,37)(H3,28,33,34). The molecule has 2 aliphatic heterocycles. The highest BCUT2D eigenvalue weighted by molar-refractivity contribution is 7.14. The molecule has 1 amide bonds. The number of rotatable bonds is 8. The van der Waals surface area contributed by atoms with Crippen LogP contribution in [0, 0.1) is 5.92 Å². The zero-order valence-corrected chi connectivity index (χ0v) is 22.7. The van der Waals surface area contributed by atoms with Gasteiger partial charge in [-0.1, -0.05) is 6.07 Å². The highest BCUT2D eigenvalue weighted by atomic mass is 32.1. The predicted molar refractivity (Wildman–Crippen MR) is 153 cm³/mol. The van der Waals surface area contributed by atoms with E-state index in [1.807, 2.05) is 24.4 Å². The number of nitrogen functional groups attached to an aromatic ring is 2. The molecule has 0 bridgehead atoms. The Balaban J connectivity index is 1.09. The fourth-order valence-electron chi connectivity index (χ4n) is 5.03. The van der Waals surface area contributed by atoms with Gasteiger partial charge in [-0.25, -0.2) is 9.97 Å². The third-order valence-corrected chi connectivity index (χ3v) is 8.46. The summed E-state index contributed by atoms with van der Waals surface area (Å²) in [4.78, 5) is 32.4. The first-order valence-electron chi connectivity index (χ1n) is 13.3. The summed E-state index contributed by atoms with van der Waals surface area (Å²) in [5.41, 5.74) is 14.3. The van der Waals surface area contributed by atoms with E-state index >= 15 is 0 Å². The predicted octanol–water partition coefficient (Wildman–Crippen LogP) is 2.91. The highest BCUT2D eigenvalue weighted by Gasteiger charge is 2.23. The summed E-state index contributed by atoms with van der Waals surface area (Å²) in [6.07, 6.45) is 7.83. The van der Waals surface area contributed by atoms with E-state index < -0.39 is 0 Å². The van der Waals surface area contributed by atoms with E-state index in [0.29, 0.717) is 35.3 Å². The number of likely N-dealkylation sites (tertiary alicyclic amines) is 2. The van der Waals surface area contributed by atoms with Crippen molar-refractivity contribution in [2.75, 3.05) is 56.6 Å². The van der Waals surface area contributed by atoms with Crippen LogP contribution in [-0.2, 0) is 6.54 Å². The summed E-state index contributed by atoms with van der Waals surface area (Å²) in [7, 11) is 2.12. The summed E-state index contributed by atoms with van der Waals surface area (Å²) >= 11 is 1.70. The number of carbonyl (C=O) groups is 1. The van der Waals surface area contributed by atoms with Gasteiger partial charge in [0.15, 0.2) is 5.82 Å². The van der Waals surface area contributed by atoms with Gasteiger partial charge in [-0.2, -0.15) is 0 Å². The first-order valence-corrected chi connectivity index (χ1v) is 14.1. The molecule has 10 nitrogen and oxygen atoms in total. The molecule has 6 N–H and O–H groups in total. The van der Waals surface area contributed by atoms with Gasteiger partial charge < -0.3 is 27.0 Å². The zero-order chi connectivity index (χ0) is 26.5. The molecule has 0 saturated carbocycles. The number of anilines is 3. The first kappa shape index (κ1) is 26.3. The van der Waals surface area contributed by atoms with Gasteiger partial charge in [0.1, 0.15) is 10.7 Å². The SMILES string of the molecule is CN1CCC(Nc2nc(C(=O)NCC3CCN(Cc4cnc(-c5ccccn5)s4)CC3)cc(N)c2N)CC1. The van der Waals surface area contributed by atoms with Crippen LogP contribution in [0.4, 0.5) is 17.2 Å². The second kappa shape index (κ2) is 12.1. The van der Waals surface area contributed by atoms with Gasteiger partial charge >= 0.3 is 0 Å². The number of amides is 1. The minimum absolute atomic E-state index is 0.211. The summed E-state index contributed by atoms with van der Waals surface area (Å²) in [5, 5.41) is 7.44. The average molecular weight is 536 g/mol. The molecule has 0 atom stereocenters. The quantitative estimate of drug-likeness (QED) is 0.343. The molecule has 202 valence electrons. The molecule has 2 fully saturated rings. The average Bonchev–Trinajstić information content (AvgIpc) is 3.41. The molecular weight excluding hydrogens is 498 g/mol. The van der Waals surface area contributed by atoms with Crippen molar-refractivity contribution in [2.24, 2.45) is 5.92 Å². The molecule has 0 radical (unpaired) electrons. The molecule has 2 aliphatic rings. The van der Waals surface area contributed by atoms with Crippen molar-refractivity contribution in [3.05, 3.63) is 47.2 Å². The summed E-state index contributed by atoms with van der Waals surface area (Å²) in [5.74, 6) is 0.730. The summed E-state index contributed by atoms with van der Waals surface area (Å²) in [6.45, 7) is 5.54. The minimum Gasteiger partial charge on any atom is -0.397 e. The van der Waals surface area contributed by atoms with Crippen molar-refractivity contribution >= 4 is 34.4 Å². The minimum atomic E-state index is -0.211. The van der Waals surface area contributed by atoms with Crippen LogP contribution in [-0.4, -0.2) is 76.5 Å². The molecule has 11 heteroatoms. The second-order valence-corrected chi connectivity index (χ2v) is 11.5. The zero-order valence-electron chi connectivity index (χ0n) is 21.9. The normalized spacial score (nSPS) is 17.9. The number of hydrogen-bond donors (Lipinski definition) is 4. The van der Waals surface area contributed by atoms with Crippen LogP contribution < -0.4 is 22.1 Å². The maximum atomic E-state index is 12.9. The third-order valence-electron chi connectivity index (χ3n) is 7.46. The number of piperidine rings is 2. The molecule has 0 unspecified atom stereocenters. The van der Waals surface area contributed by atoms with E-state index in [4.69, 9.17) is 11.5 Å². The Morgan fingerprint density at radius 3 is 2.63 bits per heavy atom. The van der Waals surface area contributed by atoms with Crippen LogP contribution >= 0.6 is 11.3 Å². The van der Waals surface area contributed by atoms with E-state index in [0.717, 1.165) is 69.1 Å². The third kappa shape index (κ3) is 6.58. The number of nitrogens with two attached hydrogens (primary N) is 2. The van der Waals surface area contributed by atoms with E-state index in [1.165, 1.54) is 4.88 Å². The largest absolute Gasteiger partial charge is 0.397 e. The lowest BCUT2D eigenvalue weighted by molar-refractivity contribution is 0.0930. The monoisotopic (exact) mass is 535 g/mol. The molecule has 38 heavy (non-hydrogen) atoms. The fraction of sp³-hybridized carbons (Fsp3) is 0.481. The van der Waals surface area contributed by atoms with Crippen molar-refractivity contribution in [3.8, 4) is 10.7 Å². The topological polar surface area (TPSA) is 138 Å². The molecule has 0 spiro atoms. The first-order chi connectivity index (χ1) is 18.4. The number of thiazole rings is 1. The molecule has 3 aromatic rings. The van der Waals surface area contributed by atoms with Crippen LogP contribution in [0.5, 0.6) is 0 Å². The molecule has 2 saturated heterocycles. The smallest absolute Gasteiger partial charge is 0.270 e. The van der Waals surface area contributed by atoms with Gasteiger partial charge in [-0.15, -0.1) is 11.3 Å². The van der Waals surface area contributed by atoms with Crippen LogP contribution in [0.2, 0.25) is 0 Å². The second-order valence-electron chi connectivity index (χ2n) is 10.4. The van der Waals surface area contributed by atoms with Crippen LogP contribution in [0.15, 0.2) is 36.7 Å². The lowest BCUT2D eigenvalue weighted by Crippen LogP contribution is -2.38. The Hall–Kier alpha value is -3.28. The Labute approximate surface area is 227 Å². The van der Waals surface area contributed by atoms with Crippen molar-refractivity contribution in [1.29, 1.82) is 0 Å². The number of pyridine rings is 2. The Morgan fingerprint density at radius 1 is 1.11 bits per heavy atom. The van der Waals surface area contributed by atoms with Crippen LogP contribution in [0.25, 0.3) is 10.7 Å². The van der Waals surface area contributed by atoms with Gasteiger partial charge in [0.2, 0.25) is 0 Å². The van der Waals surface area contributed by atoms with E-state index in [9.17, 15) is 4.79 Å². The molecule has 5 rings (SSSR count). The Morgan fingerprint density at radius 2 is 1.89 bits per heavy atom. The van der Waals surface area contributed by atoms with Crippen LogP contribution in [0.1, 0.15) is 41.0 Å². The lowest BCUT2D eigenvalue weighted by Gasteiger charge is -2.31. The fourth-order valence-corrected chi connectivity index (χ4v) is 5.96. The Bertz CT molecular complexity index is 1220. The Kier molecular flexibility index (Phi) is 8.35. The molecule has 0 aromatic carbocycles. The lowest BCUT2D eigenvalue weighted by atomic mass is 9.96. The summed E-state index contributed by atoms with van der Waals surface area (Å²) < 4.78 is 0. The maximum Gasteiger partial charge on any atom is 0.270 e.